The van der Waals surface area contributed by atoms with Crippen molar-refractivity contribution in [3.8, 4) is 0 Å². The molecule has 11 N–H and O–H groups in total. The largest absolute Gasteiger partial charge is 0.748 e. The molecule has 4 aromatic carbocycles. The van der Waals surface area contributed by atoms with Gasteiger partial charge in [0.15, 0.2) is 5.71 Å². The van der Waals surface area contributed by atoms with Crippen LogP contribution in [-0.4, -0.2) is 178 Å². The summed E-state index contributed by atoms with van der Waals surface area (Å²) in [5.74, 6) is -3.60. The fourth-order valence-electron chi connectivity index (χ4n) is 12.3. The molecular weight excluding hydrogens is 1550 g/mol. The van der Waals surface area contributed by atoms with E-state index in [1.165, 1.54) is 73.1 Å². The number of sulfonamides is 1. The Labute approximate surface area is 612 Å². The van der Waals surface area contributed by atoms with Gasteiger partial charge in [-0.15, -0.1) is 10.2 Å². The number of nitrogens with two attached hydrogens (primary N) is 1. The second kappa shape index (κ2) is 31.2. The van der Waals surface area contributed by atoms with Crippen molar-refractivity contribution >= 4 is 155 Å². The molecular formula is C63H69N11O24S8. The normalized spacial score (nSPS) is 15.3. The maximum Gasteiger partial charge on any atom is 0.295 e. The molecule has 0 spiro atoms. The van der Waals surface area contributed by atoms with E-state index < -0.39 is 135 Å². The molecule has 0 saturated carbocycles. The topological polar surface area (TPSA) is 563 Å². The lowest BCUT2D eigenvalue weighted by Crippen LogP contribution is -2.28. The molecule has 0 unspecified atom stereocenters. The number of unbranched alkanes of at least 4 members (excludes halogenated alkanes) is 2. The number of hydrogen-bond donors (Lipinski definition) is 10. The molecule has 4 amide bonds. The first kappa shape index (κ1) is 81.3. The number of nitrogens with zero attached hydrogens (tertiary/aromatic N) is 6. The number of allylic oxidation sites excluding steroid dienone is 6. The molecule has 43 heteroatoms. The highest BCUT2D eigenvalue weighted by atomic mass is 32.3. The number of fused-ring (bicyclic) bond motifs is 6. The molecule has 0 fully saturated rings. The summed E-state index contributed by atoms with van der Waals surface area (Å²) < 4.78 is 238. The molecule has 3 aromatic heterocycles. The molecule has 5 heterocycles. The van der Waals surface area contributed by atoms with Gasteiger partial charge >= 0.3 is 0 Å². The van der Waals surface area contributed by atoms with Crippen LogP contribution in [0.25, 0.3) is 27.1 Å². The van der Waals surface area contributed by atoms with Crippen LogP contribution in [0.1, 0.15) is 116 Å². The van der Waals surface area contributed by atoms with Crippen LogP contribution >= 0.6 is 11.3 Å². The van der Waals surface area contributed by atoms with Crippen LogP contribution in [0.4, 0.5) is 16.5 Å². The van der Waals surface area contributed by atoms with E-state index >= 15 is 0 Å². The molecule has 568 valence electrons. The first-order chi connectivity index (χ1) is 49.1. The standard InChI is InChI=1S/C63H69N11O24S8/c1-62(2)52(73(26-8-28-100(79,80)81)48-19-16-43-45(56(48)62)30-41(103(87,88)89)32-50(43)105(93,94)95)21-13-37(14-22-53-63(3,4)57-46-31-42(104(90,91)92)33-51(106(96,97)98)44(46)17-20-49(57)74(53)27-9-29-101(82,83)84)47-18-12-39(35-68-47)58(77)65-24-7-5-6-10-54(75)69-36-40-15-11-38(34-67-40)59(78)66-25-23-55(76)70-60-71-72-61(99-60)102(64,85)86/h11-22,30-35H,5-10,23-29,36H2,1-4H3,(H11-,64,65,66,69,70,71,75,76,77,78,79,80,81,82,83,84,85,86,87,88,89,90,91,92,93,94,95,96,97,98). The van der Waals surface area contributed by atoms with E-state index in [1.807, 2.05) is 0 Å². The fourth-order valence-corrected chi connectivity index (χ4v) is 17.3. The molecule has 106 heavy (non-hydrogen) atoms. The Morgan fingerprint density at radius 2 is 1.21 bits per heavy atom. The van der Waals surface area contributed by atoms with Crippen LogP contribution in [0.15, 0.2) is 139 Å². The average molecular weight is 1620 g/mol. The molecule has 2 aliphatic heterocycles. The Kier molecular flexibility index (Phi) is 23.9. The summed E-state index contributed by atoms with van der Waals surface area (Å²) in [6.07, 6.45) is 9.45. The fraction of sp³-hybridized carbons (Fsp3) is 0.317. The zero-order valence-electron chi connectivity index (χ0n) is 56.3. The minimum atomic E-state index is -5.20. The minimum Gasteiger partial charge on any atom is -0.748 e. The molecule has 2 aliphatic rings. The number of hydrogen-bond acceptors (Lipinski definition) is 25. The molecule has 7 aromatic rings. The van der Waals surface area contributed by atoms with Crippen LogP contribution in [0.5, 0.6) is 0 Å². The van der Waals surface area contributed by atoms with Crippen molar-refractivity contribution in [1.82, 2.24) is 36.1 Å². The highest BCUT2D eigenvalue weighted by Crippen LogP contribution is 2.52. The number of carbonyl (C=O) groups excluding carboxylic acids is 4. The monoisotopic (exact) mass is 1620 g/mol. The Morgan fingerprint density at radius 3 is 1.75 bits per heavy atom. The summed E-state index contributed by atoms with van der Waals surface area (Å²) in [6, 6.07) is 14.4. The lowest BCUT2D eigenvalue weighted by molar-refractivity contribution is -0.437. The van der Waals surface area contributed by atoms with E-state index in [1.54, 1.807) is 49.3 Å². The van der Waals surface area contributed by atoms with Gasteiger partial charge in [-0.25, -0.2) is 22.0 Å². The number of rotatable bonds is 31. The van der Waals surface area contributed by atoms with E-state index in [4.69, 9.17) is 5.14 Å². The van der Waals surface area contributed by atoms with E-state index in [0.29, 0.717) is 59.8 Å². The third-order valence-corrected chi connectivity index (χ3v) is 24.3. The summed E-state index contributed by atoms with van der Waals surface area (Å²) in [4.78, 5) is 58.3. The van der Waals surface area contributed by atoms with Crippen LogP contribution in [-0.2, 0) is 97.7 Å². The molecule has 0 radical (unpaired) electrons. The second-order valence-corrected chi connectivity index (χ2v) is 36.8. The number of primary sulfonamides is 1. The number of nitrogens with one attached hydrogen (secondary N) is 4. The average Bonchev–Trinajstić information content (AvgIpc) is 1.55. The van der Waals surface area contributed by atoms with Crippen molar-refractivity contribution in [2.45, 2.75) is 114 Å². The quantitative estimate of drug-likeness (QED) is 0.00937. The zero-order valence-corrected chi connectivity index (χ0v) is 62.8. The third-order valence-electron chi connectivity index (χ3n) is 17.1. The third kappa shape index (κ3) is 19.5. The highest BCUT2D eigenvalue weighted by Gasteiger charge is 2.47. The van der Waals surface area contributed by atoms with E-state index in [9.17, 15) is 105 Å². The number of amides is 4. The number of anilines is 2. The van der Waals surface area contributed by atoms with Crippen LogP contribution in [0.2, 0.25) is 0 Å². The Balaban J connectivity index is 0.972. The van der Waals surface area contributed by atoms with Gasteiger partial charge in [0.1, 0.15) is 16.3 Å². The number of benzene rings is 4. The lowest BCUT2D eigenvalue weighted by atomic mass is 9.79. The van der Waals surface area contributed by atoms with Crippen molar-refractivity contribution in [1.29, 1.82) is 0 Å². The number of carbonyl (C=O) groups is 4. The highest BCUT2D eigenvalue weighted by molar-refractivity contribution is 7.91. The minimum absolute atomic E-state index is 0.0344. The molecule has 35 nitrogen and oxygen atoms in total. The van der Waals surface area contributed by atoms with Crippen molar-refractivity contribution in [2.24, 2.45) is 5.14 Å². The van der Waals surface area contributed by atoms with Gasteiger partial charge in [-0.3, -0.25) is 51.9 Å². The predicted molar refractivity (Wildman–Crippen MR) is 384 cm³/mol. The molecule has 9 rings (SSSR count). The Bertz CT molecular complexity index is 5730. The number of aromatic nitrogens is 4. The van der Waals surface area contributed by atoms with E-state index in [2.05, 4.69) is 41.4 Å². The molecule has 0 bridgehead atoms. The van der Waals surface area contributed by atoms with Crippen LogP contribution in [0.3, 0.4) is 0 Å². The van der Waals surface area contributed by atoms with Crippen LogP contribution in [0, 0.1) is 0 Å². The zero-order chi connectivity index (χ0) is 78.1. The van der Waals surface area contributed by atoms with Crippen molar-refractivity contribution < 1.29 is 110 Å². The van der Waals surface area contributed by atoms with Gasteiger partial charge in [0.25, 0.3) is 72.4 Å². The summed E-state index contributed by atoms with van der Waals surface area (Å²) >= 11 is 0.557. The maximum atomic E-state index is 13.7. The molecule has 0 aliphatic carbocycles. The summed E-state index contributed by atoms with van der Waals surface area (Å²) in [6.45, 7) is 6.29. The van der Waals surface area contributed by atoms with E-state index in [-0.39, 0.29) is 136 Å². The van der Waals surface area contributed by atoms with Gasteiger partial charge in [-0.05, 0) is 122 Å². The first-order valence-electron chi connectivity index (χ1n) is 31.6. The molecule has 0 atom stereocenters. The van der Waals surface area contributed by atoms with Crippen LogP contribution < -0.4 is 31.3 Å². The van der Waals surface area contributed by atoms with Gasteiger partial charge in [-0.1, -0.05) is 43.7 Å². The Morgan fingerprint density at radius 1 is 0.613 bits per heavy atom. The summed E-state index contributed by atoms with van der Waals surface area (Å²) in [5, 5.41) is 21.8. The van der Waals surface area contributed by atoms with Gasteiger partial charge in [0.05, 0.1) is 60.1 Å². The maximum absolute atomic E-state index is 13.7. The van der Waals surface area contributed by atoms with Crippen molar-refractivity contribution in [2.75, 3.05) is 47.9 Å². The first-order valence-corrected chi connectivity index (χ1v) is 42.9. The number of pyridine rings is 2. The summed E-state index contributed by atoms with van der Waals surface area (Å²) in [5.41, 5.74) is -0.175. The van der Waals surface area contributed by atoms with Gasteiger partial charge < -0.3 is 30.7 Å². The summed E-state index contributed by atoms with van der Waals surface area (Å²) in [7, 11) is -34.2. The van der Waals surface area contributed by atoms with E-state index in [0.717, 1.165) is 12.1 Å². The lowest BCUT2D eigenvalue weighted by Gasteiger charge is -2.27. The smallest absolute Gasteiger partial charge is 0.295 e. The Hall–Kier alpha value is -8.80. The predicted octanol–water partition coefficient (Wildman–Crippen LogP) is 4.54. The van der Waals surface area contributed by atoms with Crippen molar-refractivity contribution in [3.63, 3.8) is 0 Å². The second-order valence-electron chi connectivity index (χ2n) is 25.3. The molecule has 0 saturated heterocycles. The van der Waals surface area contributed by atoms with Crippen molar-refractivity contribution in [3.05, 3.63) is 149 Å². The van der Waals surface area contributed by atoms with Gasteiger partial charge in [0, 0.05) is 108 Å². The van der Waals surface area contributed by atoms with Gasteiger partial charge in [0.2, 0.25) is 27.0 Å². The SMILES string of the molecule is CC1(C)C(/C=C/C(=C/C=C2/N(CCCS(=O)(=O)O)c3ccc4c(S(=O)(=O)O)cc(S(=O)(=O)O)cc4c3C2(C)C)c2ccc(C(=O)NCCCCCC(=O)NCc3ccc(C(=O)NCCC(=O)Nc4nnc(S(N)(=O)=O)s4)cn3)cn2)=[N+](CCCS(=O)(=O)[O-])c2ccc3c(S(=O)(=O)O)cc(S(=O)(=O)O)cc3c21. The van der Waals surface area contributed by atoms with Gasteiger partial charge in [-0.2, -0.15) is 46.7 Å².